The first-order valence-corrected chi connectivity index (χ1v) is 7.54. The predicted molar refractivity (Wildman–Crippen MR) is 87.1 cm³/mol. The number of benzene rings is 2. The van der Waals surface area contributed by atoms with Gasteiger partial charge in [-0.25, -0.2) is 0 Å². The van der Waals surface area contributed by atoms with Gasteiger partial charge >= 0.3 is 6.18 Å². The van der Waals surface area contributed by atoms with Gasteiger partial charge in [0.15, 0.2) is 0 Å². The molecule has 0 bridgehead atoms. The molecule has 1 aliphatic rings. The molecule has 0 radical (unpaired) electrons. The van der Waals surface area contributed by atoms with E-state index in [9.17, 15) is 13.2 Å². The third kappa shape index (κ3) is 2.72. The van der Waals surface area contributed by atoms with E-state index in [1.54, 1.807) is 12.1 Å². The molecule has 118 valence electrons. The lowest BCUT2D eigenvalue weighted by molar-refractivity contribution is -0.0942. The number of halogens is 3. The fourth-order valence-electron chi connectivity index (χ4n) is 3.37. The van der Waals surface area contributed by atoms with E-state index in [0.717, 1.165) is 11.1 Å². The second-order valence-corrected chi connectivity index (χ2v) is 5.77. The van der Waals surface area contributed by atoms with Crippen molar-refractivity contribution in [2.75, 3.05) is 0 Å². The lowest BCUT2D eigenvalue weighted by Crippen LogP contribution is -2.32. The fraction of sp³-hybridized carbons (Fsp3) is 0.200. The first kappa shape index (κ1) is 15.6. The summed E-state index contributed by atoms with van der Waals surface area (Å²) < 4.78 is 40.3. The first-order chi connectivity index (χ1) is 11.0. The van der Waals surface area contributed by atoms with Crippen molar-refractivity contribution in [1.82, 2.24) is 0 Å². The quantitative estimate of drug-likeness (QED) is 0.606. The van der Waals surface area contributed by atoms with Gasteiger partial charge in [0.25, 0.3) is 0 Å². The van der Waals surface area contributed by atoms with Crippen LogP contribution in [0, 0.1) is 0 Å². The number of hydrogen-bond acceptors (Lipinski definition) is 0. The van der Waals surface area contributed by atoms with Gasteiger partial charge in [-0.05, 0) is 36.1 Å². The molecule has 0 heterocycles. The highest BCUT2D eigenvalue weighted by molar-refractivity contribution is 5.67. The van der Waals surface area contributed by atoms with Gasteiger partial charge < -0.3 is 0 Å². The van der Waals surface area contributed by atoms with Crippen LogP contribution in [-0.4, -0.2) is 6.18 Å². The highest BCUT2D eigenvalue weighted by Crippen LogP contribution is 2.48. The molecule has 0 N–H and O–H groups in total. The Morgan fingerprint density at radius 2 is 1.61 bits per heavy atom. The number of allylic oxidation sites excluding steroid dienone is 3. The van der Waals surface area contributed by atoms with Crippen LogP contribution in [0.2, 0.25) is 0 Å². The molecule has 0 aliphatic heterocycles. The Morgan fingerprint density at radius 1 is 0.957 bits per heavy atom. The minimum absolute atomic E-state index is 0.0815. The first-order valence-electron chi connectivity index (χ1n) is 7.54. The smallest absolute Gasteiger partial charge is 0.166 e. The second kappa shape index (κ2) is 5.73. The van der Waals surface area contributed by atoms with Crippen molar-refractivity contribution >= 4 is 6.08 Å². The molecule has 0 amide bonds. The van der Waals surface area contributed by atoms with Crippen LogP contribution in [0.1, 0.15) is 30.0 Å². The zero-order chi connectivity index (χ0) is 16.5. The molecule has 0 spiro atoms. The van der Waals surface area contributed by atoms with Crippen molar-refractivity contribution in [2.45, 2.75) is 24.9 Å². The summed E-state index contributed by atoms with van der Waals surface area (Å²) >= 11 is 0. The Kier molecular flexibility index (Phi) is 3.88. The summed E-state index contributed by atoms with van der Waals surface area (Å²) in [5, 5.41) is 0. The Labute approximate surface area is 134 Å². The molecule has 0 saturated carbocycles. The molecule has 3 heteroatoms. The Bertz CT molecular complexity index is 754. The van der Waals surface area contributed by atoms with E-state index >= 15 is 0 Å². The van der Waals surface area contributed by atoms with Gasteiger partial charge in [-0.3, -0.25) is 0 Å². The minimum atomic E-state index is -4.32. The Hall–Kier alpha value is -2.29. The van der Waals surface area contributed by atoms with Crippen LogP contribution in [0.4, 0.5) is 13.2 Å². The maximum Gasteiger partial charge on any atom is 0.412 e. The number of fused-ring (bicyclic) bond motifs is 1. The molecule has 0 fully saturated rings. The summed E-state index contributed by atoms with van der Waals surface area (Å²) in [7, 11) is 0. The van der Waals surface area contributed by atoms with E-state index in [1.807, 2.05) is 61.5 Å². The molecule has 2 aromatic carbocycles. The molecule has 0 nitrogen and oxygen atoms in total. The predicted octanol–water partition coefficient (Wildman–Crippen LogP) is 5.90. The van der Waals surface area contributed by atoms with Gasteiger partial charge in [-0.15, -0.1) is 0 Å². The van der Waals surface area contributed by atoms with Crippen LogP contribution in [-0.2, 0) is 5.41 Å². The Morgan fingerprint density at radius 3 is 2.26 bits per heavy atom. The number of rotatable bonds is 2. The lowest BCUT2D eigenvalue weighted by Gasteiger charge is -2.38. The van der Waals surface area contributed by atoms with Crippen LogP contribution in [0.3, 0.4) is 0 Å². The van der Waals surface area contributed by atoms with Gasteiger partial charge in [0, 0.05) is 11.0 Å². The molecule has 0 aromatic heterocycles. The number of alkyl halides is 3. The summed E-state index contributed by atoms with van der Waals surface area (Å²) in [4.78, 5) is 0. The zero-order valence-electron chi connectivity index (χ0n) is 12.8. The van der Waals surface area contributed by atoms with Crippen LogP contribution < -0.4 is 0 Å². The fourth-order valence-corrected chi connectivity index (χ4v) is 3.37. The highest BCUT2D eigenvalue weighted by atomic mass is 19.4. The van der Waals surface area contributed by atoms with E-state index < -0.39 is 17.2 Å². The van der Waals surface area contributed by atoms with E-state index in [-0.39, 0.29) is 6.42 Å². The largest absolute Gasteiger partial charge is 0.412 e. The average Bonchev–Trinajstić information content (AvgIpc) is 2.55. The lowest BCUT2D eigenvalue weighted by atomic mass is 9.66. The molecule has 3 rings (SSSR count). The molecule has 23 heavy (non-hydrogen) atoms. The maximum absolute atomic E-state index is 13.4. The van der Waals surface area contributed by atoms with Gasteiger partial charge in [0.1, 0.15) is 0 Å². The van der Waals surface area contributed by atoms with Crippen molar-refractivity contribution in [3.05, 3.63) is 89.0 Å². The van der Waals surface area contributed by atoms with E-state index in [0.29, 0.717) is 5.56 Å². The molecular formula is C20H17F3. The van der Waals surface area contributed by atoms with Crippen molar-refractivity contribution in [3.63, 3.8) is 0 Å². The van der Waals surface area contributed by atoms with Gasteiger partial charge in [0.05, 0.1) is 0 Å². The van der Waals surface area contributed by atoms with Crippen LogP contribution >= 0.6 is 0 Å². The average molecular weight is 314 g/mol. The molecular weight excluding hydrogens is 297 g/mol. The van der Waals surface area contributed by atoms with Crippen molar-refractivity contribution in [1.29, 1.82) is 0 Å². The van der Waals surface area contributed by atoms with Crippen LogP contribution in [0.5, 0.6) is 0 Å². The summed E-state index contributed by atoms with van der Waals surface area (Å²) in [5.74, 6) is 0. The molecule has 0 saturated heterocycles. The normalized spacial score (nSPS) is 21.1. The van der Waals surface area contributed by atoms with Gasteiger partial charge in [-0.1, -0.05) is 66.7 Å². The molecule has 1 atom stereocenters. The maximum atomic E-state index is 13.4. The summed E-state index contributed by atoms with van der Waals surface area (Å²) in [6.07, 6.45) is 0.597. The standard InChI is InChI=1S/C20H17F3/c1-2-12-19(16-9-4-3-5-10-16)14-17(20(21,22)23)13-15-8-6-7-11-18(15)19/h2-13H,14H2,1H3. The summed E-state index contributed by atoms with van der Waals surface area (Å²) in [5.41, 5.74) is 1.15. The van der Waals surface area contributed by atoms with E-state index in [2.05, 4.69) is 0 Å². The van der Waals surface area contributed by atoms with Crippen molar-refractivity contribution in [2.24, 2.45) is 0 Å². The second-order valence-electron chi connectivity index (χ2n) is 5.77. The van der Waals surface area contributed by atoms with Crippen molar-refractivity contribution in [3.8, 4) is 0 Å². The molecule has 1 unspecified atom stereocenters. The molecule has 1 aliphatic carbocycles. The van der Waals surface area contributed by atoms with Crippen LogP contribution in [0.15, 0.2) is 72.3 Å². The van der Waals surface area contributed by atoms with E-state index in [1.165, 1.54) is 6.08 Å². The Balaban J connectivity index is 2.30. The summed E-state index contributed by atoms with van der Waals surface area (Å²) in [6, 6.07) is 16.7. The van der Waals surface area contributed by atoms with Crippen LogP contribution in [0.25, 0.3) is 6.08 Å². The highest BCUT2D eigenvalue weighted by Gasteiger charge is 2.44. The number of hydrogen-bond donors (Lipinski definition) is 0. The topological polar surface area (TPSA) is 0 Å². The summed E-state index contributed by atoms with van der Waals surface area (Å²) in [6.45, 7) is 1.85. The van der Waals surface area contributed by atoms with Gasteiger partial charge in [0.2, 0.25) is 0 Å². The minimum Gasteiger partial charge on any atom is -0.166 e. The SMILES string of the molecule is CC=CC1(c2ccccc2)CC(C(F)(F)F)=Cc2ccccc21. The third-order valence-electron chi connectivity index (χ3n) is 4.34. The van der Waals surface area contributed by atoms with Crippen molar-refractivity contribution < 1.29 is 13.2 Å². The monoisotopic (exact) mass is 314 g/mol. The third-order valence-corrected chi connectivity index (χ3v) is 4.34. The molecule has 2 aromatic rings. The van der Waals surface area contributed by atoms with Gasteiger partial charge in [-0.2, -0.15) is 13.2 Å². The van der Waals surface area contributed by atoms with E-state index in [4.69, 9.17) is 0 Å². The zero-order valence-corrected chi connectivity index (χ0v) is 12.8.